The van der Waals surface area contributed by atoms with Crippen molar-refractivity contribution in [3.8, 4) is 0 Å². The van der Waals surface area contributed by atoms with E-state index in [-0.39, 0.29) is 23.5 Å². The van der Waals surface area contributed by atoms with E-state index in [1.165, 1.54) is 0 Å². The standard InChI is InChI=1S/C8F8S2/c9-5(10)1-2(6(5,11)12)18-4-3(17-1)7(13,14)8(4,15)16. The molecule has 0 N–H and O–H groups in total. The van der Waals surface area contributed by atoms with E-state index in [9.17, 15) is 35.1 Å². The van der Waals surface area contributed by atoms with Crippen LogP contribution < -0.4 is 0 Å². The molecule has 0 saturated heterocycles. The first-order valence-corrected chi connectivity index (χ1v) is 5.96. The molecule has 0 aromatic carbocycles. The van der Waals surface area contributed by atoms with E-state index in [1.54, 1.807) is 0 Å². The molecule has 18 heavy (non-hydrogen) atoms. The Kier molecular flexibility index (Phi) is 2.01. The molecule has 3 rings (SSSR count). The summed E-state index contributed by atoms with van der Waals surface area (Å²) in [5.41, 5.74) is 0. The van der Waals surface area contributed by atoms with Crippen LogP contribution in [0.5, 0.6) is 0 Å². The van der Waals surface area contributed by atoms with Gasteiger partial charge in [-0.3, -0.25) is 0 Å². The number of hydrogen-bond donors (Lipinski definition) is 0. The second kappa shape index (κ2) is 2.87. The fourth-order valence-corrected chi connectivity index (χ4v) is 4.48. The molecule has 0 atom stereocenters. The van der Waals surface area contributed by atoms with E-state index in [2.05, 4.69) is 0 Å². The predicted octanol–water partition coefficient (Wildman–Crippen LogP) is 4.46. The number of rotatable bonds is 0. The summed E-state index contributed by atoms with van der Waals surface area (Å²) in [6, 6.07) is 0. The van der Waals surface area contributed by atoms with E-state index >= 15 is 0 Å². The number of hydrogen-bond acceptors (Lipinski definition) is 2. The first-order chi connectivity index (χ1) is 7.95. The Morgan fingerprint density at radius 1 is 0.444 bits per heavy atom. The maximum atomic E-state index is 12.9. The van der Waals surface area contributed by atoms with Crippen LogP contribution in [0.3, 0.4) is 0 Å². The summed E-state index contributed by atoms with van der Waals surface area (Å²) in [5, 5.41) is 0. The van der Waals surface area contributed by atoms with Crippen molar-refractivity contribution in [3.05, 3.63) is 19.6 Å². The SMILES string of the molecule is FC1(F)C2=C(SC3=C(S2)C(F)(F)C3(F)F)C1(F)F. The van der Waals surface area contributed by atoms with Gasteiger partial charge >= 0.3 is 23.7 Å². The summed E-state index contributed by atoms with van der Waals surface area (Å²) < 4.78 is 103. The van der Waals surface area contributed by atoms with Gasteiger partial charge < -0.3 is 0 Å². The van der Waals surface area contributed by atoms with Gasteiger partial charge in [0.1, 0.15) is 0 Å². The third-order valence-electron chi connectivity index (χ3n) is 2.75. The van der Waals surface area contributed by atoms with Gasteiger partial charge in [-0.2, -0.15) is 35.1 Å². The molecule has 10 heteroatoms. The van der Waals surface area contributed by atoms with Crippen molar-refractivity contribution in [1.29, 1.82) is 0 Å². The lowest BCUT2D eigenvalue weighted by molar-refractivity contribution is -0.182. The van der Waals surface area contributed by atoms with Crippen LogP contribution in [0, 0.1) is 0 Å². The molecule has 0 aromatic rings. The second-order valence-corrected chi connectivity index (χ2v) is 5.86. The molecule has 0 nitrogen and oxygen atoms in total. The highest BCUT2D eigenvalue weighted by atomic mass is 32.2. The summed E-state index contributed by atoms with van der Waals surface area (Å²) in [5.74, 6) is -18.3. The van der Waals surface area contributed by atoms with Crippen molar-refractivity contribution < 1.29 is 35.1 Å². The molecule has 2 aliphatic carbocycles. The third kappa shape index (κ3) is 1.01. The second-order valence-electron chi connectivity index (χ2n) is 3.82. The van der Waals surface area contributed by atoms with Crippen LogP contribution in [0.2, 0.25) is 0 Å². The van der Waals surface area contributed by atoms with E-state index < -0.39 is 43.3 Å². The van der Waals surface area contributed by atoms with Crippen molar-refractivity contribution in [2.75, 3.05) is 0 Å². The third-order valence-corrected chi connectivity index (χ3v) is 5.67. The minimum absolute atomic E-state index is 0.372. The maximum Gasteiger partial charge on any atom is 0.347 e. The van der Waals surface area contributed by atoms with E-state index in [0.29, 0.717) is 0 Å². The van der Waals surface area contributed by atoms with Crippen LogP contribution in [-0.4, -0.2) is 23.7 Å². The van der Waals surface area contributed by atoms with Gasteiger partial charge in [-0.1, -0.05) is 23.5 Å². The van der Waals surface area contributed by atoms with Crippen molar-refractivity contribution in [1.82, 2.24) is 0 Å². The Morgan fingerprint density at radius 3 is 0.778 bits per heavy atom. The first-order valence-electron chi connectivity index (χ1n) is 4.33. The van der Waals surface area contributed by atoms with E-state index in [0.717, 1.165) is 0 Å². The quantitative estimate of drug-likeness (QED) is 0.606. The Balaban J connectivity index is 2.04. The normalized spacial score (nSPS) is 33.3. The van der Waals surface area contributed by atoms with Crippen LogP contribution in [0.4, 0.5) is 35.1 Å². The summed E-state index contributed by atoms with van der Waals surface area (Å²) in [7, 11) is 0. The zero-order valence-corrected chi connectivity index (χ0v) is 9.47. The number of alkyl halides is 8. The number of allylic oxidation sites excluding steroid dienone is 4. The van der Waals surface area contributed by atoms with Crippen LogP contribution in [0.25, 0.3) is 0 Å². The Bertz CT molecular complexity index is 437. The largest absolute Gasteiger partial charge is 0.347 e. The lowest BCUT2D eigenvalue weighted by Gasteiger charge is -2.49. The van der Waals surface area contributed by atoms with Gasteiger partial charge in [0.2, 0.25) is 0 Å². The highest BCUT2D eigenvalue weighted by molar-refractivity contribution is 8.14. The molecule has 1 heterocycles. The van der Waals surface area contributed by atoms with Crippen molar-refractivity contribution in [2.24, 2.45) is 0 Å². The zero-order chi connectivity index (χ0) is 13.7. The van der Waals surface area contributed by atoms with Crippen molar-refractivity contribution in [2.45, 2.75) is 23.7 Å². The Hall–Kier alpha value is -0.380. The molecule has 0 amide bonds. The topological polar surface area (TPSA) is 0 Å². The number of thioether (sulfide) groups is 2. The van der Waals surface area contributed by atoms with Gasteiger partial charge in [-0.05, 0) is 0 Å². The molecular formula is C8F8S2. The molecule has 0 bridgehead atoms. The highest BCUT2D eigenvalue weighted by Crippen LogP contribution is 2.75. The van der Waals surface area contributed by atoms with Crippen molar-refractivity contribution >= 4 is 23.5 Å². The minimum Gasteiger partial charge on any atom is -0.193 e. The van der Waals surface area contributed by atoms with Gasteiger partial charge in [-0.25, -0.2) is 0 Å². The molecular weight excluding hydrogens is 312 g/mol. The van der Waals surface area contributed by atoms with Crippen LogP contribution >= 0.6 is 23.5 Å². The summed E-state index contributed by atoms with van der Waals surface area (Å²) in [6.07, 6.45) is 0. The molecule has 0 saturated carbocycles. The van der Waals surface area contributed by atoms with Crippen molar-refractivity contribution in [3.63, 3.8) is 0 Å². The maximum absolute atomic E-state index is 12.9. The Labute approximate surface area is 102 Å². The molecule has 0 unspecified atom stereocenters. The summed E-state index contributed by atoms with van der Waals surface area (Å²) in [6.45, 7) is 0. The monoisotopic (exact) mass is 312 g/mol. The molecule has 0 radical (unpaired) electrons. The average molecular weight is 312 g/mol. The summed E-state index contributed by atoms with van der Waals surface area (Å²) in [4.78, 5) is -5.03. The molecule has 1 aliphatic heterocycles. The fraction of sp³-hybridized carbons (Fsp3) is 0.500. The van der Waals surface area contributed by atoms with Gasteiger partial charge in [0.05, 0.1) is 19.6 Å². The van der Waals surface area contributed by atoms with E-state index in [4.69, 9.17) is 0 Å². The minimum atomic E-state index is -4.57. The van der Waals surface area contributed by atoms with Crippen LogP contribution in [-0.2, 0) is 0 Å². The number of halogens is 8. The van der Waals surface area contributed by atoms with Gasteiger partial charge in [0.15, 0.2) is 0 Å². The molecule has 0 aromatic heterocycles. The summed E-state index contributed by atoms with van der Waals surface area (Å²) >= 11 is -0.744. The zero-order valence-electron chi connectivity index (χ0n) is 7.84. The molecule has 100 valence electrons. The fourth-order valence-electron chi connectivity index (χ4n) is 1.66. The van der Waals surface area contributed by atoms with Crippen LogP contribution in [0.15, 0.2) is 19.6 Å². The molecule has 3 aliphatic rings. The molecule has 0 spiro atoms. The first kappa shape index (κ1) is 12.6. The Morgan fingerprint density at radius 2 is 0.611 bits per heavy atom. The lowest BCUT2D eigenvalue weighted by Crippen LogP contribution is -2.58. The average Bonchev–Trinajstić information content (AvgIpc) is 2.26. The predicted molar refractivity (Wildman–Crippen MR) is 49.0 cm³/mol. The highest BCUT2D eigenvalue weighted by Gasteiger charge is 2.80. The van der Waals surface area contributed by atoms with Crippen LogP contribution in [0.1, 0.15) is 0 Å². The van der Waals surface area contributed by atoms with Gasteiger partial charge in [-0.15, -0.1) is 0 Å². The lowest BCUT2D eigenvalue weighted by atomic mass is 9.98. The van der Waals surface area contributed by atoms with Gasteiger partial charge in [0, 0.05) is 0 Å². The van der Waals surface area contributed by atoms with Gasteiger partial charge in [0.25, 0.3) is 0 Å². The van der Waals surface area contributed by atoms with E-state index in [1.807, 2.05) is 0 Å². The smallest absolute Gasteiger partial charge is 0.193 e. The molecule has 0 fully saturated rings.